The average molecular weight is 380 g/mol. The molecule has 0 amide bonds. The van der Waals surface area contributed by atoms with Crippen LogP contribution < -0.4 is 4.74 Å². The highest BCUT2D eigenvalue weighted by molar-refractivity contribution is 5.34. The quantitative estimate of drug-likeness (QED) is 0.387. The zero-order valence-corrected chi connectivity index (χ0v) is 16.3. The van der Waals surface area contributed by atoms with Crippen LogP contribution in [0.15, 0.2) is 84.9 Å². The molecule has 28 heavy (non-hydrogen) atoms. The van der Waals surface area contributed by atoms with E-state index in [9.17, 15) is 8.78 Å². The van der Waals surface area contributed by atoms with Gasteiger partial charge in [-0.15, -0.1) is 0 Å². The standard InChI is InChI=1S/C25H26F2O/c1-25(2,27)23(19-10-5-3-6-11-19)16-17-24(26)20-12-9-15-22(18-20)28-21-13-7-4-8-14-21/h3-15,18,23-24H,16-17H2,1-2H3. The molecule has 0 bridgehead atoms. The van der Waals surface area contributed by atoms with E-state index in [1.165, 1.54) is 0 Å². The van der Waals surface area contributed by atoms with Crippen molar-refractivity contribution in [1.29, 1.82) is 0 Å². The van der Waals surface area contributed by atoms with Crippen molar-refractivity contribution in [2.75, 3.05) is 0 Å². The summed E-state index contributed by atoms with van der Waals surface area (Å²) < 4.78 is 35.5. The molecule has 3 aromatic carbocycles. The summed E-state index contributed by atoms with van der Waals surface area (Å²) in [6, 6.07) is 26.0. The molecule has 1 nitrogen and oxygen atoms in total. The first-order valence-corrected chi connectivity index (χ1v) is 9.64. The molecular weight excluding hydrogens is 354 g/mol. The van der Waals surface area contributed by atoms with E-state index in [4.69, 9.17) is 4.74 Å². The van der Waals surface area contributed by atoms with Crippen LogP contribution in [0.2, 0.25) is 0 Å². The molecule has 0 N–H and O–H groups in total. The Balaban J connectivity index is 1.68. The SMILES string of the molecule is CC(C)(F)C(CCC(F)c1cccc(Oc2ccccc2)c1)c1ccccc1. The molecule has 0 saturated carbocycles. The number of hydrogen-bond acceptors (Lipinski definition) is 1. The maximum Gasteiger partial charge on any atom is 0.127 e. The topological polar surface area (TPSA) is 9.23 Å². The Hall–Kier alpha value is -2.68. The molecule has 146 valence electrons. The third-order valence-electron chi connectivity index (χ3n) is 4.94. The van der Waals surface area contributed by atoms with Crippen LogP contribution in [0.3, 0.4) is 0 Å². The number of ether oxygens (including phenoxy) is 1. The van der Waals surface area contributed by atoms with Gasteiger partial charge in [-0.1, -0.05) is 60.7 Å². The van der Waals surface area contributed by atoms with Gasteiger partial charge in [-0.05, 0) is 62.1 Å². The van der Waals surface area contributed by atoms with Crippen LogP contribution in [0.5, 0.6) is 11.5 Å². The Kier molecular flexibility index (Phi) is 6.45. The fraction of sp³-hybridized carbons (Fsp3) is 0.280. The van der Waals surface area contributed by atoms with Gasteiger partial charge in [-0.25, -0.2) is 8.78 Å². The van der Waals surface area contributed by atoms with Gasteiger partial charge in [-0.3, -0.25) is 0 Å². The first-order valence-electron chi connectivity index (χ1n) is 9.64. The third-order valence-corrected chi connectivity index (χ3v) is 4.94. The number of benzene rings is 3. The second-order valence-electron chi connectivity index (χ2n) is 7.56. The van der Waals surface area contributed by atoms with Gasteiger partial charge in [0.2, 0.25) is 0 Å². The lowest BCUT2D eigenvalue weighted by Crippen LogP contribution is -2.24. The van der Waals surface area contributed by atoms with Crippen LogP contribution in [0.25, 0.3) is 0 Å². The second-order valence-corrected chi connectivity index (χ2v) is 7.56. The van der Waals surface area contributed by atoms with E-state index in [-0.39, 0.29) is 12.3 Å². The lowest BCUT2D eigenvalue weighted by atomic mass is 9.82. The number of hydrogen-bond donors (Lipinski definition) is 0. The first-order chi connectivity index (χ1) is 13.4. The van der Waals surface area contributed by atoms with Crippen LogP contribution >= 0.6 is 0 Å². The number of para-hydroxylation sites is 1. The molecule has 3 heteroatoms. The summed E-state index contributed by atoms with van der Waals surface area (Å²) in [5, 5.41) is 0. The van der Waals surface area contributed by atoms with Crippen LogP contribution in [0, 0.1) is 0 Å². The molecule has 0 aliphatic rings. The zero-order chi connectivity index (χ0) is 20.0. The monoisotopic (exact) mass is 380 g/mol. The van der Waals surface area contributed by atoms with Crippen molar-refractivity contribution >= 4 is 0 Å². The van der Waals surface area contributed by atoms with Gasteiger partial charge in [0, 0.05) is 5.92 Å². The van der Waals surface area contributed by atoms with E-state index in [0.29, 0.717) is 23.5 Å². The molecule has 0 saturated heterocycles. The van der Waals surface area contributed by atoms with Crippen LogP contribution in [0.1, 0.15) is 49.9 Å². The molecule has 3 rings (SSSR count). The van der Waals surface area contributed by atoms with Gasteiger partial charge in [0.1, 0.15) is 23.3 Å². The van der Waals surface area contributed by atoms with Gasteiger partial charge >= 0.3 is 0 Å². The minimum Gasteiger partial charge on any atom is -0.457 e. The highest BCUT2D eigenvalue weighted by Crippen LogP contribution is 2.38. The first kappa shape index (κ1) is 20.1. The summed E-state index contributed by atoms with van der Waals surface area (Å²) in [4.78, 5) is 0. The molecule has 3 aromatic rings. The van der Waals surface area contributed by atoms with E-state index >= 15 is 0 Å². The minimum absolute atomic E-state index is 0.252. The maximum atomic E-state index is 14.9. The maximum absolute atomic E-state index is 14.9. The fourth-order valence-electron chi connectivity index (χ4n) is 3.47. The Morgan fingerprint density at radius 3 is 1.96 bits per heavy atom. The number of halogens is 2. The van der Waals surface area contributed by atoms with Gasteiger partial charge in [0.25, 0.3) is 0 Å². The lowest BCUT2D eigenvalue weighted by Gasteiger charge is -2.28. The van der Waals surface area contributed by atoms with Crippen LogP contribution in [0.4, 0.5) is 8.78 Å². The third kappa shape index (κ3) is 5.41. The van der Waals surface area contributed by atoms with Crippen molar-refractivity contribution in [3.63, 3.8) is 0 Å². The average Bonchev–Trinajstić information content (AvgIpc) is 2.69. The molecule has 0 fully saturated rings. The fourth-order valence-corrected chi connectivity index (χ4v) is 3.47. The number of alkyl halides is 2. The summed E-state index contributed by atoms with van der Waals surface area (Å²) in [5.74, 6) is 0.950. The summed E-state index contributed by atoms with van der Waals surface area (Å²) in [6.07, 6.45) is -0.493. The Morgan fingerprint density at radius 1 is 0.750 bits per heavy atom. The van der Waals surface area contributed by atoms with Crippen LogP contribution in [-0.4, -0.2) is 5.67 Å². The summed E-state index contributed by atoms with van der Waals surface area (Å²) in [6.45, 7) is 3.12. The highest BCUT2D eigenvalue weighted by atomic mass is 19.1. The smallest absolute Gasteiger partial charge is 0.127 e. The molecule has 0 heterocycles. The predicted octanol–water partition coefficient (Wildman–Crippen LogP) is 7.80. The van der Waals surface area contributed by atoms with E-state index in [1.54, 1.807) is 38.1 Å². The lowest BCUT2D eigenvalue weighted by molar-refractivity contribution is 0.154. The minimum atomic E-state index is -1.42. The van der Waals surface area contributed by atoms with E-state index in [2.05, 4.69) is 0 Å². The zero-order valence-electron chi connectivity index (χ0n) is 16.3. The van der Waals surface area contributed by atoms with Gasteiger partial charge in [0.05, 0.1) is 0 Å². The molecule has 0 spiro atoms. The summed E-state index contributed by atoms with van der Waals surface area (Å²) in [5.41, 5.74) is 0.0413. The van der Waals surface area contributed by atoms with Crippen LogP contribution in [-0.2, 0) is 0 Å². The Morgan fingerprint density at radius 2 is 1.32 bits per heavy atom. The van der Waals surface area contributed by atoms with Crippen molar-refractivity contribution in [2.45, 2.75) is 44.4 Å². The van der Waals surface area contributed by atoms with E-state index in [1.807, 2.05) is 60.7 Å². The molecule has 0 aromatic heterocycles. The Bertz CT molecular complexity index is 856. The predicted molar refractivity (Wildman–Crippen MR) is 110 cm³/mol. The molecule has 2 unspecified atom stereocenters. The van der Waals surface area contributed by atoms with Crippen molar-refractivity contribution in [2.24, 2.45) is 0 Å². The highest BCUT2D eigenvalue weighted by Gasteiger charge is 2.31. The summed E-state index contributed by atoms with van der Waals surface area (Å²) in [7, 11) is 0. The van der Waals surface area contributed by atoms with Gasteiger partial charge in [0.15, 0.2) is 0 Å². The molecule has 0 aliphatic heterocycles. The largest absolute Gasteiger partial charge is 0.457 e. The van der Waals surface area contributed by atoms with E-state index in [0.717, 1.165) is 5.56 Å². The molecular formula is C25H26F2O. The van der Waals surface area contributed by atoms with Crippen molar-refractivity contribution in [3.05, 3.63) is 96.1 Å². The Labute approximate surface area is 166 Å². The second kappa shape index (κ2) is 9.01. The molecule has 0 aliphatic carbocycles. The van der Waals surface area contributed by atoms with Crippen molar-refractivity contribution in [1.82, 2.24) is 0 Å². The van der Waals surface area contributed by atoms with Crippen molar-refractivity contribution in [3.8, 4) is 11.5 Å². The number of rotatable bonds is 8. The van der Waals surface area contributed by atoms with Gasteiger partial charge < -0.3 is 4.74 Å². The summed E-state index contributed by atoms with van der Waals surface area (Å²) >= 11 is 0. The van der Waals surface area contributed by atoms with Gasteiger partial charge in [-0.2, -0.15) is 0 Å². The van der Waals surface area contributed by atoms with Crippen molar-refractivity contribution < 1.29 is 13.5 Å². The molecule has 2 atom stereocenters. The normalized spacial score (nSPS) is 13.7. The molecule has 0 radical (unpaired) electrons. The van der Waals surface area contributed by atoms with E-state index < -0.39 is 11.8 Å².